The number of rotatable bonds is 6. The molecule has 3 aromatic carbocycles. The minimum Gasteiger partial charge on any atom is -0.337 e. The number of para-hydroxylation sites is 2. The fraction of sp³-hybridized carbons (Fsp3) is 0.120. The highest BCUT2D eigenvalue weighted by molar-refractivity contribution is 7.90. The predicted octanol–water partition coefficient (Wildman–Crippen LogP) is 5.17. The summed E-state index contributed by atoms with van der Waals surface area (Å²) < 4.78 is 29.2. The number of hydrogen-bond donors (Lipinski definition) is 1. The molecule has 0 spiro atoms. The summed E-state index contributed by atoms with van der Waals surface area (Å²) in [5.74, 6) is -0.364. The number of amides is 1. The van der Waals surface area contributed by atoms with Gasteiger partial charge in [0, 0.05) is 17.1 Å². The Morgan fingerprint density at radius 2 is 1.73 bits per heavy atom. The molecule has 2 heterocycles. The summed E-state index contributed by atoms with van der Waals surface area (Å²) in [4.78, 5) is 17.4. The van der Waals surface area contributed by atoms with Gasteiger partial charge in [0.25, 0.3) is 0 Å². The minimum atomic E-state index is -3.61. The SMILES string of the molecule is Cc1ccc(CS(=O)(=O)c2cn(CC(=O)Nc3nc4ccccc4s3)c3ccccc23)cc1. The topological polar surface area (TPSA) is 81.1 Å². The molecule has 0 saturated carbocycles. The van der Waals surface area contributed by atoms with Gasteiger partial charge in [-0.3, -0.25) is 4.79 Å². The molecule has 1 N–H and O–H groups in total. The summed E-state index contributed by atoms with van der Waals surface area (Å²) in [5.41, 5.74) is 3.33. The molecular weight excluding hydrogens is 454 g/mol. The molecule has 0 radical (unpaired) electrons. The number of aromatic nitrogens is 2. The van der Waals surface area contributed by atoms with E-state index in [1.54, 1.807) is 22.9 Å². The maximum Gasteiger partial charge on any atom is 0.246 e. The fourth-order valence-electron chi connectivity index (χ4n) is 3.81. The lowest BCUT2D eigenvalue weighted by Gasteiger charge is -2.05. The van der Waals surface area contributed by atoms with E-state index in [4.69, 9.17) is 0 Å². The quantitative estimate of drug-likeness (QED) is 0.367. The third kappa shape index (κ3) is 4.40. The average molecular weight is 476 g/mol. The number of sulfone groups is 1. The highest BCUT2D eigenvalue weighted by Gasteiger charge is 2.22. The molecule has 1 amide bonds. The zero-order valence-electron chi connectivity index (χ0n) is 17.9. The Morgan fingerprint density at radius 1 is 1.00 bits per heavy atom. The lowest BCUT2D eigenvalue weighted by molar-refractivity contribution is -0.116. The van der Waals surface area contributed by atoms with Gasteiger partial charge in [-0.25, -0.2) is 13.4 Å². The Hall–Kier alpha value is -3.49. The molecule has 0 atom stereocenters. The zero-order chi connectivity index (χ0) is 23.0. The standard InChI is InChI=1S/C25H21N3O3S2/c1-17-10-12-18(13-11-17)16-33(30,31)23-14-28(21-8-4-2-6-19(21)23)15-24(29)27-25-26-20-7-3-5-9-22(20)32-25/h2-14H,15-16H2,1H3,(H,26,27,29). The number of nitrogens with zero attached hydrogens (tertiary/aromatic N) is 2. The summed E-state index contributed by atoms with van der Waals surface area (Å²) in [5, 5.41) is 3.96. The Balaban J connectivity index is 1.43. The van der Waals surface area contributed by atoms with Gasteiger partial charge in [-0.2, -0.15) is 0 Å². The molecule has 0 unspecified atom stereocenters. The van der Waals surface area contributed by atoms with Crippen molar-refractivity contribution in [3.8, 4) is 0 Å². The average Bonchev–Trinajstić information content (AvgIpc) is 3.36. The van der Waals surface area contributed by atoms with E-state index in [1.807, 2.05) is 67.6 Å². The van der Waals surface area contributed by atoms with Gasteiger partial charge in [0.1, 0.15) is 6.54 Å². The van der Waals surface area contributed by atoms with Crippen LogP contribution in [0.4, 0.5) is 5.13 Å². The van der Waals surface area contributed by atoms with Crippen molar-refractivity contribution in [2.45, 2.75) is 24.1 Å². The van der Waals surface area contributed by atoms with Gasteiger partial charge < -0.3 is 9.88 Å². The number of nitrogens with one attached hydrogen (secondary N) is 1. The smallest absolute Gasteiger partial charge is 0.246 e. The molecule has 8 heteroatoms. The van der Waals surface area contributed by atoms with Crippen molar-refractivity contribution in [2.75, 3.05) is 5.32 Å². The second-order valence-electron chi connectivity index (χ2n) is 7.92. The van der Waals surface area contributed by atoms with Crippen LogP contribution in [0.5, 0.6) is 0 Å². The monoisotopic (exact) mass is 475 g/mol. The van der Waals surface area contributed by atoms with Crippen LogP contribution in [0.1, 0.15) is 11.1 Å². The molecule has 0 bridgehead atoms. The lowest BCUT2D eigenvalue weighted by atomic mass is 10.2. The number of carbonyl (C=O) groups excluding carboxylic acids is 1. The fourth-order valence-corrected chi connectivity index (χ4v) is 6.28. The molecule has 2 aromatic heterocycles. The van der Waals surface area contributed by atoms with Crippen LogP contribution in [0.15, 0.2) is 83.9 Å². The molecule has 166 valence electrons. The summed E-state index contributed by atoms with van der Waals surface area (Å²) >= 11 is 1.40. The molecule has 5 aromatic rings. The maximum atomic E-state index is 13.3. The van der Waals surface area contributed by atoms with E-state index in [0.717, 1.165) is 21.3 Å². The Labute approximate surface area is 195 Å². The van der Waals surface area contributed by atoms with Gasteiger partial charge in [-0.1, -0.05) is 71.5 Å². The van der Waals surface area contributed by atoms with Crippen molar-refractivity contribution in [1.29, 1.82) is 0 Å². The largest absolute Gasteiger partial charge is 0.337 e. The number of fused-ring (bicyclic) bond motifs is 2. The first-order chi connectivity index (χ1) is 15.9. The molecule has 0 saturated heterocycles. The van der Waals surface area contributed by atoms with E-state index in [1.165, 1.54) is 11.3 Å². The predicted molar refractivity (Wildman–Crippen MR) is 132 cm³/mol. The van der Waals surface area contributed by atoms with E-state index in [9.17, 15) is 13.2 Å². The second kappa shape index (κ2) is 8.46. The van der Waals surface area contributed by atoms with Crippen LogP contribution >= 0.6 is 11.3 Å². The molecule has 0 aliphatic carbocycles. The van der Waals surface area contributed by atoms with E-state index >= 15 is 0 Å². The lowest BCUT2D eigenvalue weighted by Crippen LogP contribution is -2.18. The van der Waals surface area contributed by atoms with Crippen LogP contribution < -0.4 is 5.32 Å². The third-order valence-corrected chi connectivity index (χ3v) is 8.08. The number of thiazole rings is 1. The molecule has 6 nitrogen and oxygen atoms in total. The summed E-state index contributed by atoms with van der Waals surface area (Å²) in [6.07, 6.45) is 1.56. The van der Waals surface area contributed by atoms with E-state index in [-0.39, 0.29) is 23.1 Å². The van der Waals surface area contributed by atoms with Gasteiger partial charge in [0.2, 0.25) is 5.91 Å². The third-order valence-electron chi connectivity index (χ3n) is 5.42. The molecule has 0 aliphatic heterocycles. The van der Waals surface area contributed by atoms with Crippen LogP contribution in [0.2, 0.25) is 0 Å². The van der Waals surface area contributed by atoms with Crippen molar-refractivity contribution in [3.63, 3.8) is 0 Å². The van der Waals surface area contributed by atoms with Crippen LogP contribution in [0.25, 0.3) is 21.1 Å². The number of carbonyl (C=O) groups is 1. The highest BCUT2D eigenvalue weighted by Crippen LogP contribution is 2.29. The van der Waals surface area contributed by atoms with E-state index in [2.05, 4.69) is 10.3 Å². The Kier molecular flexibility index (Phi) is 5.47. The van der Waals surface area contributed by atoms with E-state index in [0.29, 0.717) is 16.0 Å². The maximum absolute atomic E-state index is 13.3. The van der Waals surface area contributed by atoms with Crippen molar-refractivity contribution in [3.05, 3.63) is 90.1 Å². The first-order valence-electron chi connectivity index (χ1n) is 10.4. The first-order valence-corrected chi connectivity index (χ1v) is 12.9. The molecule has 5 rings (SSSR count). The van der Waals surface area contributed by atoms with Gasteiger partial charge in [-0.15, -0.1) is 0 Å². The normalized spacial score (nSPS) is 11.8. The number of hydrogen-bond acceptors (Lipinski definition) is 5. The molecule has 0 aliphatic rings. The highest BCUT2D eigenvalue weighted by atomic mass is 32.2. The van der Waals surface area contributed by atoms with Crippen LogP contribution in [-0.2, 0) is 26.9 Å². The van der Waals surface area contributed by atoms with Gasteiger partial charge in [-0.05, 0) is 30.7 Å². The molecule has 33 heavy (non-hydrogen) atoms. The van der Waals surface area contributed by atoms with Gasteiger partial charge in [0.15, 0.2) is 15.0 Å². The summed E-state index contributed by atoms with van der Waals surface area (Å²) in [6.45, 7) is 1.95. The first kappa shape index (κ1) is 21.4. The van der Waals surface area contributed by atoms with Crippen LogP contribution in [0.3, 0.4) is 0 Å². The van der Waals surface area contributed by atoms with Crippen molar-refractivity contribution >= 4 is 53.3 Å². The summed E-state index contributed by atoms with van der Waals surface area (Å²) in [7, 11) is -3.61. The van der Waals surface area contributed by atoms with Gasteiger partial charge in [0.05, 0.1) is 20.9 Å². The summed E-state index contributed by atoms with van der Waals surface area (Å²) in [6, 6.07) is 22.4. The Morgan fingerprint density at radius 3 is 2.52 bits per heavy atom. The van der Waals surface area contributed by atoms with E-state index < -0.39 is 9.84 Å². The van der Waals surface area contributed by atoms with Crippen molar-refractivity contribution in [2.24, 2.45) is 0 Å². The molecule has 0 fully saturated rings. The van der Waals surface area contributed by atoms with Crippen molar-refractivity contribution in [1.82, 2.24) is 9.55 Å². The second-order valence-corrected chi connectivity index (χ2v) is 10.9. The van der Waals surface area contributed by atoms with Crippen LogP contribution in [0, 0.1) is 6.92 Å². The Bertz CT molecular complexity index is 1550. The van der Waals surface area contributed by atoms with Crippen LogP contribution in [-0.4, -0.2) is 23.9 Å². The number of anilines is 1. The number of benzene rings is 3. The minimum absolute atomic E-state index is 0.0174. The number of aryl methyl sites for hydroxylation is 1. The zero-order valence-corrected chi connectivity index (χ0v) is 19.5. The molecular formula is C25H21N3O3S2. The van der Waals surface area contributed by atoms with Crippen molar-refractivity contribution < 1.29 is 13.2 Å². The van der Waals surface area contributed by atoms with Gasteiger partial charge >= 0.3 is 0 Å².